The lowest BCUT2D eigenvalue weighted by Gasteiger charge is -2.13. The van der Waals surface area contributed by atoms with Crippen LogP contribution in [0, 0.1) is 6.92 Å². The summed E-state index contributed by atoms with van der Waals surface area (Å²) < 4.78 is 36.1. The molecule has 0 bridgehead atoms. The fourth-order valence-corrected chi connectivity index (χ4v) is 4.86. The van der Waals surface area contributed by atoms with Gasteiger partial charge in [-0.3, -0.25) is 0 Å². The Bertz CT molecular complexity index is 1300. The van der Waals surface area contributed by atoms with E-state index in [1.54, 1.807) is 12.1 Å². The third-order valence-corrected chi connectivity index (χ3v) is 6.65. The summed E-state index contributed by atoms with van der Waals surface area (Å²) in [6, 6.07) is 23.2. The van der Waals surface area contributed by atoms with E-state index >= 15 is 0 Å². The number of hydrogen-bond donors (Lipinski definition) is 1. The summed E-state index contributed by atoms with van der Waals surface area (Å²) in [7, 11) is -2.31. The SMILES string of the molecule is COc1ccc(C)cc1S(=O)(=O)NCc1nc2ccccc2n1CCc1ccccc1. The molecule has 4 aromatic rings. The van der Waals surface area contributed by atoms with E-state index in [4.69, 9.17) is 4.74 Å². The van der Waals surface area contributed by atoms with Crippen LogP contribution in [0.1, 0.15) is 17.0 Å². The predicted octanol–water partition coefficient (Wildman–Crippen LogP) is 4.07. The number of para-hydroxylation sites is 2. The molecule has 6 nitrogen and oxygen atoms in total. The zero-order valence-corrected chi connectivity index (χ0v) is 18.4. The van der Waals surface area contributed by atoms with Crippen LogP contribution in [0.4, 0.5) is 0 Å². The Morgan fingerprint density at radius 3 is 2.52 bits per heavy atom. The Morgan fingerprint density at radius 1 is 1.00 bits per heavy atom. The van der Waals surface area contributed by atoms with Gasteiger partial charge in [0.25, 0.3) is 0 Å². The van der Waals surface area contributed by atoms with Crippen molar-refractivity contribution in [1.29, 1.82) is 0 Å². The second-order valence-electron chi connectivity index (χ2n) is 7.38. The van der Waals surface area contributed by atoms with Gasteiger partial charge >= 0.3 is 0 Å². The van der Waals surface area contributed by atoms with Crippen molar-refractivity contribution in [1.82, 2.24) is 14.3 Å². The molecule has 0 saturated heterocycles. The molecule has 4 rings (SSSR count). The average Bonchev–Trinajstić information content (AvgIpc) is 3.14. The molecular formula is C24H25N3O3S. The molecule has 7 heteroatoms. The van der Waals surface area contributed by atoms with Crippen LogP contribution < -0.4 is 9.46 Å². The van der Waals surface area contributed by atoms with Crippen molar-refractivity contribution in [2.45, 2.75) is 31.3 Å². The van der Waals surface area contributed by atoms with Crippen LogP contribution in [-0.4, -0.2) is 25.1 Å². The Kier molecular flexibility index (Phi) is 6.06. The number of benzene rings is 3. The molecule has 0 aliphatic heterocycles. The van der Waals surface area contributed by atoms with Gasteiger partial charge in [0.05, 0.1) is 24.7 Å². The van der Waals surface area contributed by atoms with Gasteiger partial charge < -0.3 is 9.30 Å². The Hall–Kier alpha value is -3.16. The van der Waals surface area contributed by atoms with Gasteiger partial charge in [0.1, 0.15) is 16.5 Å². The number of nitrogens with zero attached hydrogens (tertiary/aromatic N) is 2. The summed E-state index contributed by atoms with van der Waals surface area (Å²) in [4.78, 5) is 4.81. The summed E-state index contributed by atoms with van der Waals surface area (Å²) in [6.45, 7) is 2.64. The van der Waals surface area contributed by atoms with E-state index in [-0.39, 0.29) is 11.4 Å². The number of hydrogen-bond acceptors (Lipinski definition) is 4. The summed E-state index contributed by atoms with van der Waals surface area (Å²) in [5.41, 5.74) is 3.89. The third kappa shape index (κ3) is 4.62. The molecule has 0 spiro atoms. The molecule has 0 radical (unpaired) electrons. The Labute approximate surface area is 182 Å². The maximum Gasteiger partial charge on any atom is 0.244 e. The van der Waals surface area contributed by atoms with Crippen molar-refractivity contribution < 1.29 is 13.2 Å². The van der Waals surface area contributed by atoms with Gasteiger partial charge in [-0.1, -0.05) is 48.5 Å². The zero-order valence-electron chi connectivity index (χ0n) is 17.6. The zero-order chi connectivity index (χ0) is 21.8. The minimum atomic E-state index is -3.77. The molecule has 0 aliphatic carbocycles. The van der Waals surface area contributed by atoms with Gasteiger partial charge in [0.2, 0.25) is 10.0 Å². The van der Waals surface area contributed by atoms with Crippen molar-refractivity contribution in [2.75, 3.05) is 7.11 Å². The third-order valence-electron chi connectivity index (χ3n) is 5.23. The number of nitrogens with one attached hydrogen (secondary N) is 1. The number of fused-ring (bicyclic) bond motifs is 1. The highest BCUT2D eigenvalue weighted by molar-refractivity contribution is 7.89. The number of methoxy groups -OCH3 is 1. The fraction of sp³-hybridized carbons (Fsp3) is 0.208. The number of aryl methyl sites for hydroxylation is 3. The van der Waals surface area contributed by atoms with Crippen molar-refractivity contribution in [3.8, 4) is 5.75 Å². The van der Waals surface area contributed by atoms with E-state index in [2.05, 4.69) is 26.4 Å². The lowest BCUT2D eigenvalue weighted by molar-refractivity contribution is 0.402. The van der Waals surface area contributed by atoms with E-state index < -0.39 is 10.0 Å². The molecule has 0 amide bonds. The first kappa shape index (κ1) is 21.1. The van der Waals surface area contributed by atoms with Gasteiger partial charge in [-0.05, 0) is 48.7 Å². The molecule has 3 aromatic carbocycles. The first-order valence-corrected chi connectivity index (χ1v) is 11.6. The molecule has 160 valence electrons. The molecule has 0 unspecified atom stereocenters. The van der Waals surface area contributed by atoms with Gasteiger partial charge in [-0.2, -0.15) is 0 Å². The molecular weight excluding hydrogens is 410 g/mol. The van der Waals surface area contributed by atoms with Crippen LogP contribution in [0.15, 0.2) is 77.7 Å². The number of rotatable bonds is 8. The standard InChI is InChI=1S/C24H25N3O3S/c1-18-12-13-22(30-2)23(16-18)31(28,29)25-17-24-26-20-10-6-7-11-21(20)27(24)15-14-19-8-4-3-5-9-19/h3-13,16,25H,14-15,17H2,1-2H3. The van der Waals surface area contributed by atoms with Gasteiger partial charge in [-0.25, -0.2) is 18.1 Å². The summed E-state index contributed by atoms with van der Waals surface area (Å²) in [5, 5.41) is 0. The van der Waals surface area contributed by atoms with E-state index in [0.29, 0.717) is 18.1 Å². The van der Waals surface area contributed by atoms with Crippen molar-refractivity contribution in [3.05, 3.63) is 89.7 Å². The summed E-state index contributed by atoms with van der Waals surface area (Å²) >= 11 is 0. The second kappa shape index (κ2) is 8.91. The van der Waals surface area contributed by atoms with Crippen LogP contribution in [0.2, 0.25) is 0 Å². The van der Waals surface area contributed by atoms with Gasteiger partial charge in [0.15, 0.2) is 0 Å². The minimum Gasteiger partial charge on any atom is -0.495 e. The molecule has 0 fully saturated rings. The predicted molar refractivity (Wildman–Crippen MR) is 122 cm³/mol. The largest absolute Gasteiger partial charge is 0.495 e. The molecule has 1 N–H and O–H groups in total. The molecule has 1 heterocycles. The van der Waals surface area contributed by atoms with Crippen molar-refractivity contribution in [2.24, 2.45) is 0 Å². The number of imidazole rings is 1. The van der Waals surface area contributed by atoms with E-state index in [1.165, 1.54) is 12.7 Å². The first-order valence-electron chi connectivity index (χ1n) is 10.1. The molecule has 0 atom stereocenters. The minimum absolute atomic E-state index is 0.0862. The number of ether oxygens (including phenoxy) is 1. The molecule has 31 heavy (non-hydrogen) atoms. The maximum absolute atomic E-state index is 13.0. The van der Waals surface area contributed by atoms with Crippen LogP contribution >= 0.6 is 0 Å². The van der Waals surface area contributed by atoms with E-state index in [0.717, 1.165) is 23.0 Å². The molecule has 0 saturated carbocycles. The van der Waals surface area contributed by atoms with Crippen LogP contribution in [0.25, 0.3) is 11.0 Å². The summed E-state index contributed by atoms with van der Waals surface area (Å²) in [5.74, 6) is 0.989. The monoisotopic (exact) mass is 435 g/mol. The Balaban J connectivity index is 1.62. The fourth-order valence-electron chi connectivity index (χ4n) is 3.63. The van der Waals surface area contributed by atoms with Crippen molar-refractivity contribution >= 4 is 21.1 Å². The molecule has 0 aliphatic rings. The topological polar surface area (TPSA) is 73.2 Å². The number of aromatic nitrogens is 2. The smallest absolute Gasteiger partial charge is 0.244 e. The quantitative estimate of drug-likeness (QED) is 0.453. The van der Waals surface area contributed by atoms with Gasteiger partial charge in [-0.15, -0.1) is 0 Å². The normalized spacial score (nSPS) is 11.7. The second-order valence-corrected chi connectivity index (χ2v) is 9.12. The lowest BCUT2D eigenvalue weighted by Crippen LogP contribution is -2.25. The van der Waals surface area contributed by atoms with Gasteiger partial charge in [0, 0.05) is 6.54 Å². The number of sulfonamides is 1. The Morgan fingerprint density at radius 2 is 1.74 bits per heavy atom. The maximum atomic E-state index is 13.0. The summed E-state index contributed by atoms with van der Waals surface area (Å²) in [6.07, 6.45) is 0.826. The van der Waals surface area contributed by atoms with Crippen molar-refractivity contribution in [3.63, 3.8) is 0 Å². The lowest BCUT2D eigenvalue weighted by atomic mass is 10.1. The van der Waals surface area contributed by atoms with Crippen LogP contribution in [0.5, 0.6) is 5.75 Å². The van der Waals surface area contributed by atoms with E-state index in [9.17, 15) is 8.42 Å². The highest BCUT2D eigenvalue weighted by Gasteiger charge is 2.21. The average molecular weight is 436 g/mol. The highest BCUT2D eigenvalue weighted by Crippen LogP contribution is 2.25. The van der Waals surface area contributed by atoms with Crippen LogP contribution in [0.3, 0.4) is 0 Å². The first-order chi connectivity index (χ1) is 15.0. The van der Waals surface area contributed by atoms with E-state index in [1.807, 2.05) is 55.5 Å². The van der Waals surface area contributed by atoms with Crippen LogP contribution in [-0.2, 0) is 29.5 Å². The molecule has 1 aromatic heterocycles. The highest BCUT2D eigenvalue weighted by atomic mass is 32.2.